The van der Waals surface area contributed by atoms with Gasteiger partial charge in [-0.05, 0) is 25.0 Å². The van der Waals surface area contributed by atoms with Gasteiger partial charge in [-0.2, -0.15) is 0 Å². The minimum Gasteiger partial charge on any atom is -0.489 e. The summed E-state index contributed by atoms with van der Waals surface area (Å²) in [5.41, 5.74) is 0.331. The molecule has 1 heterocycles. The molecule has 1 N–H and O–H groups in total. The Bertz CT molecular complexity index is 391. The zero-order valence-corrected chi connectivity index (χ0v) is 9.32. The fourth-order valence-corrected chi connectivity index (χ4v) is 1.76. The second kappa shape index (κ2) is 5.63. The number of amides is 1. The Labute approximate surface area is 98.7 Å². The summed E-state index contributed by atoms with van der Waals surface area (Å²) in [5, 5.41) is 2.41. The molecule has 0 spiro atoms. The summed E-state index contributed by atoms with van der Waals surface area (Å²) in [5.74, 6) is 0.0350. The molecule has 1 aromatic rings. The Morgan fingerprint density at radius 1 is 1.59 bits per heavy atom. The van der Waals surface area contributed by atoms with Crippen LogP contribution in [0.5, 0.6) is 5.75 Å². The summed E-state index contributed by atoms with van der Waals surface area (Å²) >= 11 is 0. The molecule has 1 fully saturated rings. The fraction of sp³-hybridized carbons (Fsp3) is 0.417. The zero-order valence-electron chi connectivity index (χ0n) is 9.32. The second-order valence-electron chi connectivity index (χ2n) is 3.85. The van der Waals surface area contributed by atoms with Crippen LogP contribution in [0.25, 0.3) is 0 Å². The number of ether oxygens (including phenoxy) is 2. The van der Waals surface area contributed by atoms with Crippen molar-refractivity contribution in [3.8, 4) is 5.75 Å². The maximum absolute atomic E-state index is 13.0. The minimum atomic E-state index is -0.418. The van der Waals surface area contributed by atoms with E-state index in [9.17, 15) is 9.18 Å². The van der Waals surface area contributed by atoms with Gasteiger partial charge in [-0.15, -0.1) is 0 Å². The lowest BCUT2D eigenvalue weighted by Gasteiger charge is -2.14. The van der Waals surface area contributed by atoms with Gasteiger partial charge < -0.3 is 14.8 Å². The topological polar surface area (TPSA) is 47.6 Å². The van der Waals surface area contributed by atoms with E-state index in [1.807, 2.05) is 0 Å². The van der Waals surface area contributed by atoms with Crippen LogP contribution in [0.4, 0.5) is 10.1 Å². The first-order valence-corrected chi connectivity index (χ1v) is 5.54. The summed E-state index contributed by atoms with van der Waals surface area (Å²) in [6.07, 6.45) is 2.59. The van der Waals surface area contributed by atoms with Crippen LogP contribution in [0, 0.1) is 5.82 Å². The molecule has 1 atom stereocenters. The van der Waals surface area contributed by atoms with Crippen molar-refractivity contribution in [2.24, 2.45) is 0 Å². The Morgan fingerprint density at radius 3 is 3.18 bits per heavy atom. The van der Waals surface area contributed by atoms with E-state index in [0.717, 1.165) is 19.4 Å². The van der Waals surface area contributed by atoms with Crippen LogP contribution >= 0.6 is 0 Å². The van der Waals surface area contributed by atoms with Gasteiger partial charge in [0.2, 0.25) is 6.41 Å². The maximum atomic E-state index is 13.0. The van der Waals surface area contributed by atoms with Crippen LogP contribution in [-0.4, -0.2) is 25.7 Å². The smallest absolute Gasteiger partial charge is 0.211 e. The largest absolute Gasteiger partial charge is 0.489 e. The number of carbonyl (C=O) groups excluding carboxylic acids is 1. The summed E-state index contributed by atoms with van der Waals surface area (Å²) in [6.45, 7) is 1.18. The van der Waals surface area contributed by atoms with Gasteiger partial charge in [0.25, 0.3) is 0 Å². The highest BCUT2D eigenvalue weighted by Crippen LogP contribution is 2.25. The third-order valence-electron chi connectivity index (χ3n) is 2.60. The van der Waals surface area contributed by atoms with Crippen molar-refractivity contribution in [1.82, 2.24) is 0 Å². The molecule has 1 aliphatic rings. The molecule has 1 aromatic carbocycles. The number of anilines is 1. The average molecular weight is 239 g/mol. The Hall–Kier alpha value is -1.62. The van der Waals surface area contributed by atoms with Crippen molar-refractivity contribution >= 4 is 12.1 Å². The molecule has 0 bridgehead atoms. The molecule has 1 saturated heterocycles. The van der Waals surface area contributed by atoms with E-state index < -0.39 is 5.82 Å². The monoisotopic (exact) mass is 239 g/mol. The molecule has 4 nitrogen and oxygen atoms in total. The Morgan fingerprint density at radius 2 is 2.47 bits per heavy atom. The van der Waals surface area contributed by atoms with E-state index >= 15 is 0 Å². The summed E-state index contributed by atoms with van der Waals surface area (Å²) in [4.78, 5) is 10.4. The van der Waals surface area contributed by atoms with Gasteiger partial charge in [-0.25, -0.2) is 4.39 Å². The fourth-order valence-electron chi connectivity index (χ4n) is 1.76. The van der Waals surface area contributed by atoms with Crippen molar-refractivity contribution in [1.29, 1.82) is 0 Å². The molecule has 0 radical (unpaired) electrons. The highest BCUT2D eigenvalue weighted by molar-refractivity contribution is 5.75. The second-order valence-corrected chi connectivity index (χ2v) is 3.85. The van der Waals surface area contributed by atoms with Gasteiger partial charge in [0.1, 0.15) is 18.2 Å². The summed E-state index contributed by atoms with van der Waals surface area (Å²) < 4.78 is 23.9. The van der Waals surface area contributed by atoms with E-state index in [1.54, 1.807) is 0 Å². The SMILES string of the molecule is O=CNc1cc(F)ccc1OCC1CCCO1. The molecule has 5 heteroatoms. The van der Waals surface area contributed by atoms with Gasteiger partial charge >= 0.3 is 0 Å². The Balaban J connectivity index is 2.00. The highest BCUT2D eigenvalue weighted by atomic mass is 19.1. The third kappa shape index (κ3) is 3.17. The van der Waals surface area contributed by atoms with Crippen molar-refractivity contribution in [3.05, 3.63) is 24.0 Å². The van der Waals surface area contributed by atoms with E-state index in [-0.39, 0.29) is 6.10 Å². The van der Waals surface area contributed by atoms with Crippen LogP contribution in [0.15, 0.2) is 18.2 Å². The molecule has 0 aromatic heterocycles. The highest BCUT2D eigenvalue weighted by Gasteiger charge is 2.16. The first kappa shape index (κ1) is 11.9. The number of halogens is 1. The van der Waals surface area contributed by atoms with Crippen LogP contribution < -0.4 is 10.1 Å². The molecular formula is C12H14FNO3. The van der Waals surface area contributed by atoms with Crippen LogP contribution in [0.1, 0.15) is 12.8 Å². The van der Waals surface area contributed by atoms with Crippen molar-refractivity contribution in [2.45, 2.75) is 18.9 Å². The average Bonchev–Trinajstić information content (AvgIpc) is 2.81. The molecular weight excluding hydrogens is 225 g/mol. The van der Waals surface area contributed by atoms with Crippen LogP contribution in [0.3, 0.4) is 0 Å². The van der Waals surface area contributed by atoms with Gasteiger partial charge in [0.15, 0.2) is 0 Å². The van der Waals surface area contributed by atoms with Gasteiger partial charge in [0.05, 0.1) is 11.8 Å². The van der Waals surface area contributed by atoms with Crippen molar-refractivity contribution in [2.75, 3.05) is 18.5 Å². The van der Waals surface area contributed by atoms with Crippen LogP contribution in [-0.2, 0) is 9.53 Å². The predicted octanol–water partition coefficient (Wildman–Crippen LogP) is 1.95. The normalized spacial score (nSPS) is 19.0. The number of benzene rings is 1. The van der Waals surface area contributed by atoms with Crippen molar-refractivity contribution in [3.63, 3.8) is 0 Å². The molecule has 1 amide bonds. The molecule has 1 aliphatic heterocycles. The lowest BCUT2D eigenvalue weighted by Crippen LogP contribution is -2.16. The molecule has 1 unspecified atom stereocenters. The number of carbonyl (C=O) groups is 1. The van der Waals surface area contributed by atoms with E-state index in [0.29, 0.717) is 24.5 Å². The lowest BCUT2D eigenvalue weighted by molar-refractivity contribution is -0.105. The number of hydrogen-bond donors (Lipinski definition) is 1. The quantitative estimate of drug-likeness (QED) is 0.799. The zero-order chi connectivity index (χ0) is 12.1. The van der Waals surface area contributed by atoms with Crippen molar-refractivity contribution < 1.29 is 18.7 Å². The van der Waals surface area contributed by atoms with Gasteiger partial charge in [0, 0.05) is 12.7 Å². The molecule has 0 aliphatic carbocycles. The number of hydrogen-bond acceptors (Lipinski definition) is 3. The lowest BCUT2D eigenvalue weighted by atomic mass is 10.2. The van der Waals surface area contributed by atoms with E-state index in [2.05, 4.69) is 5.32 Å². The van der Waals surface area contributed by atoms with E-state index in [4.69, 9.17) is 9.47 Å². The predicted molar refractivity (Wildman–Crippen MR) is 60.6 cm³/mol. The molecule has 17 heavy (non-hydrogen) atoms. The Kier molecular flexibility index (Phi) is 3.93. The first-order valence-electron chi connectivity index (χ1n) is 5.54. The summed E-state index contributed by atoms with van der Waals surface area (Å²) in [6, 6.07) is 4.01. The van der Waals surface area contributed by atoms with Gasteiger partial charge in [-0.1, -0.05) is 0 Å². The number of rotatable bonds is 5. The molecule has 2 rings (SSSR count). The maximum Gasteiger partial charge on any atom is 0.211 e. The summed E-state index contributed by atoms with van der Waals surface area (Å²) in [7, 11) is 0. The molecule has 0 saturated carbocycles. The first-order chi connectivity index (χ1) is 8.29. The van der Waals surface area contributed by atoms with E-state index in [1.165, 1.54) is 18.2 Å². The minimum absolute atomic E-state index is 0.0872. The van der Waals surface area contributed by atoms with Crippen LogP contribution in [0.2, 0.25) is 0 Å². The molecule has 92 valence electrons. The third-order valence-corrected chi connectivity index (χ3v) is 2.60. The number of nitrogens with one attached hydrogen (secondary N) is 1. The van der Waals surface area contributed by atoms with Gasteiger partial charge in [-0.3, -0.25) is 4.79 Å². The standard InChI is InChI=1S/C12H14FNO3/c13-9-3-4-12(11(6-9)14-8-15)17-7-10-2-1-5-16-10/h3-4,6,8,10H,1-2,5,7H2,(H,14,15).